The zero-order valence-electron chi connectivity index (χ0n) is 7.08. The minimum Gasteiger partial charge on any atom is -0.368 e. The molecule has 0 radical (unpaired) electrons. The second kappa shape index (κ2) is 3.70. The first kappa shape index (κ1) is 9.24. The van der Waals surface area contributed by atoms with Crippen LogP contribution in [0.5, 0.6) is 0 Å². The van der Waals surface area contributed by atoms with E-state index in [4.69, 9.17) is 9.26 Å². The van der Waals surface area contributed by atoms with E-state index in [1.807, 2.05) is 0 Å². The number of rotatable bonds is 2. The number of ether oxygens (including phenoxy) is 1. The van der Waals surface area contributed by atoms with E-state index in [9.17, 15) is 4.57 Å². The Hall–Kier alpha value is 0.150. The Bertz CT molecular complexity index is 157. The fourth-order valence-corrected chi connectivity index (χ4v) is 2.71. The molecule has 0 amide bonds. The van der Waals surface area contributed by atoms with Crippen molar-refractivity contribution in [3.05, 3.63) is 0 Å². The minimum atomic E-state index is -2.37. The van der Waals surface area contributed by atoms with Gasteiger partial charge in [-0.15, -0.1) is 0 Å². The average molecular weight is 178 g/mol. The molecule has 0 spiro atoms. The second-order valence-electron chi connectivity index (χ2n) is 2.84. The van der Waals surface area contributed by atoms with Gasteiger partial charge in [-0.05, 0) is 12.8 Å². The van der Waals surface area contributed by atoms with Gasteiger partial charge in [0.25, 0.3) is 0 Å². The summed E-state index contributed by atoms with van der Waals surface area (Å²) in [4.78, 5) is 0. The van der Waals surface area contributed by atoms with E-state index in [0.29, 0.717) is 18.6 Å². The van der Waals surface area contributed by atoms with Gasteiger partial charge < -0.3 is 9.26 Å². The first-order valence-corrected chi connectivity index (χ1v) is 5.95. The van der Waals surface area contributed by atoms with Crippen LogP contribution < -0.4 is 0 Å². The SMILES string of the molecule is CCC1CCP(=O)(OC)CO1. The van der Waals surface area contributed by atoms with E-state index in [2.05, 4.69) is 6.92 Å². The Morgan fingerprint density at radius 3 is 2.82 bits per heavy atom. The fourth-order valence-electron chi connectivity index (χ4n) is 1.17. The Balaban J connectivity index is 2.41. The Kier molecular flexibility index (Phi) is 3.11. The summed E-state index contributed by atoms with van der Waals surface area (Å²) < 4.78 is 21.8. The highest BCUT2D eigenvalue weighted by Gasteiger charge is 2.29. The first-order chi connectivity index (χ1) is 5.20. The zero-order valence-corrected chi connectivity index (χ0v) is 7.97. The Labute approximate surface area is 67.5 Å². The molecule has 1 aliphatic rings. The van der Waals surface area contributed by atoms with Gasteiger partial charge in [-0.1, -0.05) is 6.92 Å². The molecule has 0 bridgehead atoms. The molecular formula is C7H15O3P. The van der Waals surface area contributed by atoms with Crippen molar-refractivity contribution in [1.29, 1.82) is 0 Å². The third-order valence-corrected chi connectivity index (χ3v) is 4.23. The molecule has 1 saturated heterocycles. The molecule has 0 aromatic heterocycles. The van der Waals surface area contributed by atoms with Crippen molar-refractivity contribution in [1.82, 2.24) is 0 Å². The van der Waals surface area contributed by atoms with Gasteiger partial charge in [0.1, 0.15) is 6.35 Å². The molecule has 0 aromatic rings. The lowest BCUT2D eigenvalue weighted by Gasteiger charge is -2.27. The van der Waals surface area contributed by atoms with E-state index in [1.165, 1.54) is 7.11 Å². The standard InChI is InChI=1S/C7H15O3P/c1-3-7-4-5-11(8,9-2)6-10-7/h7H,3-6H2,1-2H3. The maximum atomic E-state index is 11.5. The van der Waals surface area contributed by atoms with Crippen LogP contribution in [0.3, 0.4) is 0 Å². The summed E-state index contributed by atoms with van der Waals surface area (Å²) in [7, 11) is -0.871. The van der Waals surface area contributed by atoms with Crippen LogP contribution in [0.2, 0.25) is 0 Å². The normalized spacial score (nSPS) is 38.9. The molecule has 0 saturated carbocycles. The molecule has 0 aliphatic carbocycles. The molecule has 11 heavy (non-hydrogen) atoms. The highest BCUT2D eigenvalue weighted by Crippen LogP contribution is 2.50. The topological polar surface area (TPSA) is 35.5 Å². The van der Waals surface area contributed by atoms with Gasteiger partial charge in [0.15, 0.2) is 0 Å². The average Bonchev–Trinajstić information content (AvgIpc) is 2.06. The van der Waals surface area contributed by atoms with Crippen molar-refractivity contribution >= 4 is 7.37 Å². The molecule has 4 heteroatoms. The van der Waals surface area contributed by atoms with E-state index < -0.39 is 7.37 Å². The van der Waals surface area contributed by atoms with E-state index >= 15 is 0 Å². The second-order valence-corrected chi connectivity index (χ2v) is 5.54. The van der Waals surface area contributed by atoms with Crippen LogP contribution in [-0.2, 0) is 13.8 Å². The first-order valence-electron chi connectivity index (χ1n) is 3.95. The quantitative estimate of drug-likeness (QED) is 0.607. The summed E-state index contributed by atoms with van der Waals surface area (Å²) in [6.45, 7) is 2.08. The third kappa shape index (κ3) is 2.29. The van der Waals surface area contributed by atoms with Crippen molar-refractivity contribution in [2.24, 2.45) is 0 Å². The summed E-state index contributed by atoms with van der Waals surface area (Å²) in [6.07, 6.45) is 3.17. The number of hydrogen-bond donors (Lipinski definition) is 0. The molecule has 1 aliphatic heterocycles. The molecular weight excluding hydrogens is 163 g/mol. The molecule has 1 heterocycles. The van der Waals surface area contributed by atoms with Gasteiger partial charge in [0.2, 0.25) is 7.37 Å². The van der Waals surface area contributed by atoms with E-state index in [0.717, 1.165) is 12.8 Å². The van der Waals surface area contributed by atoms with Crippen LogP contribution in [0.4, 0.5) is 0 Å². The van der Waals surface area contributed by atoms with Gasteiger partial charge >= 0.3 is 0 Å². The number of hydrogen-bond acceptors (Lipinski definition) is 3. The van der Waals surface area contributed by atoms with Crippen LogP contribution in [0, 0.1) is 0 Å². The van der Waals surface area contributed by atoms with Crippen LogP contribution in [0.1, 0.15) is 19.8 Å². The summed E-state index contributed by atoms with van der Waals surface area (Å²) in [5.41, 5.74) is 0. The summed E-state index contributed by atoms with van der Waals surface area (Å²) in [5, 5.41) is 0. The van der Waals surface area contributed by atoms with Gasteiger partial charge in [0, 0.05) is 13.3 Å². The lowest BCUT2D eigenvalue weighted by atomic mass is 10.2. The monoisotopic (exact) mass is 178 g/mol. The van der Waals surface area contributed by atoms with Crippen LogP contribution in [-0.4, -0.2) is 25.7 Å². The summed E-state index contributed by atoms with van der Waals surface area (Å²) in [5.74, 6) is 0. The van der Waals surface area contributed by atoms with E-state index in [1.54, 1.807) is 0 Å². The van der Waals surface area contributed by atoms with Crippen molar-refractivity contribution in [3.8, 4) is 0 Å². The largest absolute Gasteiger partial charge is 0.368 e. The van der Waals surface area contributed by atoms with Crippen molar-refractivity contribution in [2.45, 2.75) is 25.9 Å². The zero-order chi connectivity index (χ0) is 8.32. The van der Waals surface area contributed by atoms with Crippen molar-refractivity contribution in [3.63, 3.8) is 0 Å². The van der Waals surface area contributed by atoms with Gasteiger partial charge in [-0.3, -0.25) is 4.57 Å². The summed E-state index contributed by atoms with van der Waals surface area (Å²) >= 11 is 0. The lowest BCUT2D eigenvalue weighted by Crippen LogP contribution is -2.21. The molecule has 1 rings (SSSR count). The van der Waals surface area contributed by atoms with Crippen LogP contribution >= 0.6 is 7.37 Å². The van der Waals surface area contributed by atoms with E-state index in [-0.39, 0.29) is 0 Å². The van der Waals surface area contributed by atoms with Gasteiger partial charge in [-0.25, -0.2) is 0 Å². The van der Waals surface area contributed by atoms with Crippen molar-refractivity contribution < 1.29 is 13.8 Å². The van der Waals surface area contributed by atoms with Crippen LogP contribution in [0.25, 0.3) is 0 Å². The molecule has 66 valence electrons. The molecule has 3 nitrogen and oxygen atoms in total. The fraction of sp³-hybridized carbons (Fsp3) is 1.00. The highest BCUT2D eigenvalue weighted by atomic mass is 31.2. The smallest absolute Gasteiger partial charge is 0.227 e. The molecule has 1 fully saturated rings. The highest BCUT2D eigenvalue weighted by molar-refractivity contribution is 7.58. The molecule has 0 N–H and O–H groups in total. The maximum absolute atomic E-state index is 11.5. The summed E-state index contributed by atoms with van der Waals surface area (Å²) in [6, 6.07) is 0. The third-order valence-electron chi connectivity index (χ3n) is 2.09. The van der Waals surface area contributed by atoms with Gasteiger partial charge in [0.05, 0.1) is 6.10 Å². The van der Waals surface area contributed by atoms with Gasteiger partial charge in [-0.2, -0.15) is 0 Å². The molecule has 2 atom stereocenters. The minimum absolute atomic E-state index is 0.298. The lowest BCUT2D eigenvalue weighted by molar-refractivity contribution is 0.0623. The van der Waals surface area contributed by atoms with Crippen molar-refractivity contribution in [2.75, 3.05) is 19.6 Å². The molecule has 0 aromatic carbocycles. The Morgan fingerprint density at radius 1 is 1.73 bits per heavy atom. The predicted octanol–water partition coefficient (Wildman–Crippen LogP) is 2.07. The van der Waals surface area contributed by atoms with Crippen LogP contribution in [0.15, 0.2) is 0 Å². The Morgan fingerprint density at radius 2 is 2.45 bits per heavy atom. The predicted molar refractivity (Wildman–Crippen MR) is 44.1 cm³/mol. The molecule has 2 unspecified atom stereocenters. The maximum Gasteiger partial charge on any atom is 0.227 e.